The van der Waals surface area contributed by atoms with Gasteiger partial charge in [-0.05, 0) is 41.5 Å². The summed E-state index contributed by atoms with van der Waals surface area (Å²) in [5.74, 6) is 2.81. The Bertz CT molecular complexity index is 842. The van der Waals surface area contributed by atoms with Crippen LogP contribution >= 0.6 is 0 Å². The number of rotatable bonds is 7. The van der Waals surface area contributed by atoms with Crippen molar-refractivity contribution in [2.75, 3.05) is 0 Å². The van der Waals surface area contributed by atoms with Crippen LogP contribution in [0.15, 0.2) is 48.5 Å². The number of aromatic nitrogens is 2. The summed E-state index contributed by atoms with van der Waals surface area (Å²) in [6, 6.07) is 17.7. The van der Waals surface area contributed by atoms with Gasteiger partial charge in [0.2, 0.25) is 0 Å². The molecular weight excluding hydrogens is 316 g/mol. The highest BCUT2D eigenvalue weighted by atomic mass is 15.1. The van der Waals surface area contributed by atoms with Crippen molar-refractivity contribution in [3.05, 3.63) is 65.5 Å². The molecule has 0 amide bonds. The molecule has 2 nitrogen and oxygen atoms in total. The third kappa shape index (κ3) is 4.00. The van der Waals surface area contributed by atoms with Crippen molar-refractivity contribution in [2.24, 2.45) is 11.8 Å². The maximum atomic E-state index is 5.01. The predicted molar refractivity (Wildman–Crippen MR) is 112 cm³/mol. The maximum Gasteiger partial charge on any atom is 0.117 e. The quantitative estimate of drug-likeness (QED) is 0.481. The van der Waals surface area contributed by atoms with Gasteiger partial charge in [-0.3, -0.25) is 0 Å². The molecule has 1 heterocycles. The van der Waals surface area contributed by atoms with Crippen LogP contribution < -0.4 is 0 Å². The standard InChI is InChI=1S/C24H32N2/c1-6-18(4)16-26-23-10-8-7-9-22(23)25-24(26)19(5)21-13-11-20(12-14-21)15-17(2)3/h7-14,17-19H,6,15-16H2,1-5H3/t18-,19-/m0/s1. The van der Waals surface area contributed by atoms with Crippen LogP contribution in [0.1, 0.15) is 63.9 Å². The molecule has 1 aromatic heterocycles. The third-order valence-corrected chi connectivity index (χ3v) is 5.39. The van der Waals surface area contributed by atoms with Gasteiger partial charge in [0.1, 0.15) is 5.82 Å². The molecule has 0 saturated heterocycles. The molecule has 0 saturated carbocycles. The van der Waals surface area contributed by atoms with Crippen molar-refractivity contribution in [1.82, 2.24) is 9.55 Å². The van der Waals surface area contributed by atoms with Crippen LogP contribution in [0.4, 0.5) is 0 Å². The van der Waals surface area contributed by atoms with Crippen molar-refractivity contribution in [1.29, 1.82) is 0 Å². The average Bonchev–Trinajstić information content (AvgIpc) is 2.99. The first-order chi connectivity index (χ1) is 12.5. The van der Waals surface area contributed by atoms with Gasteiger partial charge in [-0.15, -0.1) is 0 Å². The fraction of sp³-hybridized carbons (Fsp3) is 0.458. The highest BCUT2D eigenvalue weighted by Crippen LogP contribution is 2.29. The Morgan fingerprint density at radius 3 is 2.27 bits per heavy atom. The Balaban J connectivity index is 1.96. The van der Waals surface area contributed by atoms with Crippen molar-refractivity contribution >= 4 is 11.0 Å². The summed E-state index contributed by atoms with van der Waals surface area (Å²) in [6.45, 7) is 12.4. The van der Waals surface area contributed by atoms with Crippen molar-refractivity contribution in [3.63, 3.8) is 0 Å². The van der Waals surface area contributed by atoms with Crippen LogP contribution in [0.2, 0.25) is 0 Å². The molecule has 2 atom stereocenters. The average molecular weight is 349 g/mol. The minimum atomic E-state index is 0.291. The van der Waals surface area contributed by atoms with Gasteiger partial charge in [0.15, 0.2) is 0 Å². The molecule has 26 heavy (non-hydrogen) atoms. The van der Waals surface area contributed by atoms with E-state index in [1.54, 1.807) is 0 Å². The Morgan fingerprint density at radius 1 is 0.923 bits per heavy atom. The molecule has 0 bridgehead atoms. The number of benzene rings is 2. The Labute approximate surface area is 158 Å². The van der Waals surface area contributed by atoms with E-state index in [4.69, 9.17) is 4.98 Å². The first kappa shape index (κ1) is 18.7. The van der Waals surface area contributed by atoms with Crippen LogP contribution in [0.3, 0.4) is 0 Å². The number of fused-ring (bicyclic) bond motifs is 1. The van der Waals surface area contributed by atoms with E-state index in [1.807, 2.05) is 0 Å². The molecule has 0 radical (unpaired) electrons. The van der Waals surface area contributed by atoms with Crippen LogP contribution in [0, 0.1) is 11.8 Å². The summed E-state index contributed by atoms with van der Waals surface area (Å²) < 4.78 is 2.44. The molecular formula is C24H32N2. The van der Waals surface area contributed by atoms with Gasteiger partial charge in [-0.2, -0.15) is 0 Å². The zero-order valence-corrected chi connectivity index (χ0v) is 16.9. The number of hydrogen-bond donors (Lipinski definition) is 0. The highest BCUT2D eigenvalue weighted by molar-refractivity contribution is 5.76. The maximum absolute atomic E-state index is 5.01. The Kier molecular flexibility index (Phi) is 5.80. The van der Waals surface area contributed by atoms with E-state index in [0.29, 0.717) is 17.8 Å². The molecule has 0 aliphatic rings. The number of para-hydroxylation sites is 2. The van der Waals surface area contributed by atoms with E-state index in [0.717, 1.165) is 18.5 Å². The summed E-state index contributed by atoms with van der Waals surface area (Å²) in [6.07, 6.45) is 2.32. The first-order valence-corrected chi connectivity index (χ1v) is 10.0. The third-order valence-electron chi connectivity index (χ3n) is 5.39. The molecule has 0 N–H and O–H groups in total. The molecule has 2 aromatic carbocycles. The van der Waals surface area contributed by atoms with Gasteiger partial charge >= 0.3 is 0 Å². The smallest absolute Gasteiger partial charge is 0.117 e. The van der Waals surface area contributed by atoms with Crippen molar-refractivity contribution in [2.45, 2.75) is 59.9 Å². The fourth-order valence-electron chi connectivity index (χ4n) is 3.62. The van der Waals surface area contributed by atoms with E-state index < -0.39 is 0 Å². The van der Waals surface area contributed by atoms with E-state index >= 15 is 0 Å². The van der Waals surface area contributed by atoms with Gasteiger partial charge in [0, 0.05) is 12.5 Å². The van der Waals surface area contributed by atoms with E-state index in [9.17, 15) is 0 Å². The molecule has 0 unspecified atom stereocenters. The lowest BCUT2D eigenvalue weighted by molar-refractivity contribution is 0.462. The lowest BCUT2D eigenvalue weighted by Gasteiger charge is -2.18. The second kappa shape index (κ2) is 8.07. The molecule has 138 valence electrons. The fourth-order valence-corrected chi connectivity index (χ4v) is 3.62. The van der Waals surface area contributed by atoms with Gasteiger partial charge < -0.3 is 4.57 Å². The summed E-state index contributed by atoms with van der Waals surface area (Å²) in [7, 11) is 0. The summed E-state index contributed by atoms with van der Waals surface area (Å²) in [4.78, 5) is 5.01. The minimum absolute atomic E-state index is 0.291. The van der Waals surface area contributed by atoms with E-state index in [2.05, 4.69) is 87.7 Å². The topological polar surface area (TPSA) is 17.8 Å². The van der Waals surface area contributed by atoms with E-state index in [1.165, 1.54) is 28.9 Å². The van der Waals surface area contributed by atoms with Crippen LogP contribution in [0.5, 0.6) is 0 Å². The SMILES string of the molecule is CC[C@H](C)Cn1c([C@@H](C)c2ccc(CC(C)C)cc2)nc2ccccc21. The lowest BCUT2D eigenvalue weighted by atomic mass is 9.96. The minimum Gasteiger partial charge on any atom is -0.327 e. The van der Waals surface area contributed by atoms with Crippen LogP contribution in [0.25, 0.3) is 11.0 Å². The van der Waals surface area contributed by atoms with Gasteiger partial charge in [0.05, 0.1) is 11.0 Å². The summed E-state index contributed by atoms with van der Waals surface area (Å²) in [5.41, 5.74) is 5.13. The molecule has 3 aromatic rings. The molecule has 3 rings (SSSR count). The monoisotopic (exact) mass is 348 g/mol. The number of imidazole rings is 1. The largest absolute Gasteiger partial charge is 0.327 e. The van der Waals surface area contributed by atoms with Gasteiger partial charge in [0.25, 0.3) is 0 Å². The molecule has 0 aliphatic heterocycles. The van der Waals surface area contributed by atoms with Crippen LogP contribution in [-0.4, -0.2) is 9.55 Å². The van der Waals surface area contributed by atoms with Crippen LogP contribution in [-0.2, 0) is 13.0 Å². The second-order valence-electron chi connectivity index (χ2n) is 8.14. The van der Waals surface area contributed by atoms with Gasteiger partial charge in [-0.25, -0.2) is 4.98 Å². The Hall–Kier alpha value is -2.09. The molecule has 2 heteroatoms. The first-order valence-electron chi connectivity index (χ1n) is 10.0. The second-order valence-corrected chi connectivity index (χ2v) is 8.14. The number of nitrogens with zero attached hydrogens (tertiary/aromatic N) is 2. The van der Waals surface area contributed by atoms with Crippen molar-refractivity contribution in [3.8, 4) is 0 Å². The molecule has 0 aliphatic carbocycles. The molecule has 0 fully saturated rings. The van der Waals surface area contributed by atoms with E-state index in [-0.39, 0.29) is 0 Å². The lowest BCUT2D eigenvalue weighted by Crippen LogP contribution is -2.13. The zero-order chi connectivity index (χ0) is 18.7. The zero-order valence-electron chi connectivity index (χ0n) is 16.9. The normalized spacial score (nSPS) is 14.1. The highest BCUT2D eigenvalue weighted by Gasteiger charge is 2.19. The molecule has 0 spiro atoms. The number of hydrogen-bond acceptors (Lipinski definition) is 1. The van der Waals surface area contributed by atoms with Crippen molar-refractivity contribution < 1.29 is 0 Å². The summed E-state index contributed by atoms with van der Waals surface area (Å²) in [5, 5.41) is 0. The van der Waals surface area contributed by atoms with Gasteiger partial charge in [-0.1, -0.05) is 77.4 Å². The Morgan fingerprint density at radius 2 is 1.62 bits per heavy atom. The summed E-state index contributed by atoms with van der Waals surface area (Å²) >= 11 is 0. The predicted octanol–water partition coefficient (Wildman–Crippen LogP) is 6.43.